The summed E-state index contributed by atoms with van der Waals surface area (Å²) < 4.78 is 24.4. The van der Waals surface area contributed by atoms with Crippen molar-refractivity contribution < 1.29 is 8.42 Å². The van der Waals surface area contributed by atoms with Crippen molar-refractivity contribution in [3.63, 3.8) is 0 Å². The van der Waals surface area contributed by atoms with Crippen molar-refractivity contribution >= 4 is 9.84 Å². The van der Waals surface area contributed by atoms with Crippen LogP contribution in [0.5, 0.6) is 0 Å². The maximum atomic E-state index is 12.5. The Labute approximate surface area is 113 Å². The van der Waals surface area contributed by atoms with Gasteiger partial charge in [0.2, 0.25) is 0 Å². The first-order valence-electron chi connectivity index (χ1n) is 7.30. The summed E-state index contributed by atoms with van der Waals surface area (Å²) in [5.41, 5.74) is 0.0541. The molecule has 0 aromatic heterocycles. The minimum absolute atomic E-state index is 0.0541. The summed E-state index contributed by atoms with van der Waals surface area (Å²) in [5.74, 6) is 0.972. The lowest BCUT2D eigenvalue weighted by Gasteiger charge is -2.40. The molecule has 108 valence electrons. The van der Waals surface area contributed by atoms with Crippen LogP contribution in [0.25, 0.3) is 0 Å². The first kappa shape index (κ1) is 16.0. The second-order valence-electron chi connectivity index (χ2n) is 7.53. The third kappa shape index (κ3) is 3.97. The maximum absolute atomic E-state index is 12.5. The van der Waals surface area contributed by atoms with Gasteiger partial charge in [0.1, 0.15) is 0 Å². The lowest BCUT2D eigenvalue weighted by Crippen LogP contribution is -2.40. The van der Waals surface area contributed by atoms with Crippen molar-refractivity contribution in [1.82, 2.24) is 0 Å². The zero-order valence-corrected chi connectivity index (χ0v) is 13.6. The molecule has 1 saturated carbocycles. The van der Waals surface area contributed by atoms with Crippen LogP contribution in [0.2, 0.25) is 0 Å². The second kappa shape index (κ2) is 5.52. The van der Waals surface area contributed by atoms with E-state index in [1.807, 2.05) is 20.8 Å². The standard InChI is InChI=1S/C15H30O2S/c1-13(2)11-15(9-7-6-8-10-15)12-18(16,17)14(3,4)5/h13H,6-12H2,1-5H3. The van der Waals surface area contributed by atoms with Gasteiger partial charge in [-0.25, -0.2) is 8.42 Å². The van der Waals surface area contributed by atoms with E-state index in [1.54, 1.807) is 0 Å². The van der Waals surface area contributed by atoms with Gasteiger partial charge in [-0.15, -0.1) is 0 Å². The molecule has 1 aliphatic carbocycles. The van der Waals surface area contributed by atoms with Gasteiger partial charge in [-0.1, -0.05) is 33.1 Å². The van der Waals surface area contributed by atoms with Gasteiger partial charge in [-0.2, -0.15) is 0 Å². The number of sulfone groups is 1. The van der Waals surface area contributed by atoms with Gasteiger partial charge in [0.25, 0.3) is 0 Å². The van der Waals surface area contributed by atoms with Gasteiger partial charge in [0, 0.05) is 0 Å². The Balaban J connectivity index is 2.92. The maximum Gasteiger partial charge on any atom is 0.155 e. The number of rotatable bonds is 4. The first-order chi connectivity index (χ1) is 8.08. The van der Waals surface area contributed by atoms with E-state index in [-0.39, 0.29) is 5.41 Å². The molecule has 0 aliphatic heterocycles. The van der Waals surface area contributed by atoms with Gasteiger partial charge in [-0.3, -0.25) is 0 Å². The van der Waals surface area contributed by atoms with Crippen LogP contribution in [0.3, 0.4) is 0 Å². The summed E-state index contributed by atoms with van der Waals surface area (Å²) in [6, 6.07) is 0. The first-order valence-corrected chi connectivity index (χ1v) is 8.96. The Morgan fingerprint density at radius 2 is 1.56 bits per heavy atom. The molecule has 1 rings (SSSR count). The molecule has 1 fully saturated rings. The van der Waals surface area contributed by atoms with Crippen molar-refractivity contribution in [2.45, 2.75) is 77.9 Å². The van der Waals surface area contributed by atoms with Gasteiger partial charge in [0.05, 0.1) is 10.5 Å². The zero-order chi connectivity index (χ0) is 14.0. The fraction of sp³-hybridized carbons (Fsp3) is 1.00. The Morgan fingerprint density at radius 3 is 1.94 bits per heavy atom. The highest BCUT2D eigenvalue weighted by molar-refractivity contribution is 7.92. The number of hydrogen-bond acceptors (Lipinski definition) is 2. The highest BCUT2D eigenvalue weighted by atomic mass is 32.2. The highest BCUT2D eigenvalue weighted by Gasteiger charge is 2.41. The van der Waals surface area contributed by atoms with Crippen molar-refractivity contribution in [3.05, 3.63) is 0 Å². The van der Waals surface area contributed by atoms with Crippen molar-refractivity contribution in [3.8, 4) is 0 Å². The fourth-order valence-corrected chi connectivity index (χ4v) is 4.84. The molecule has 1 aliphatic rings. The largest absolute Gasteiger partial charge is 0.228 e. The average molecular weight is 274 g/mol. The summed E-state index contributed by atoms with van der Waals surface area (Å²) in [5, 5.41) is 0. The van der Waals surface area contributed by atoms with Gasteiger partial charge in [-0.05, 0) is 51.4 Å². The molecule has 0 heterocycles. The average Bonchev–Trinajstić information content (AvgIpc) is 2.14. The molecule has 0 aromatic carbocycles. The summed E-state index contributed by atoms with van der Waals surface area (Å²) >= 11 is 0. The molecule has 0 spiro atoms. The van der Waals surface area contributed by atoms with Crippen LogP contribution in [0.15, 0.2) is 0 Å². The molecular weight excluding hydrogens is 244 g/mol. The quantitative estimate of drug-likeness (QED) is 0.770. The minimum Gasteiger partial charge on any atom is -0.228 e. The fourth-order valence-electron chi connectivity index (χ4n) is 3.19. The topological polar surface area (TPSA) is 34.1 Å². The minimum atomic E-state index is -3.00. The molecule has 3 heteroatoms. The van der Waals surface area contributed by atoms with Crippen molar-refractivity contribution in [2.24, 2.45) is 11.3 Å². The predicted molar refractivity (Wildman–Crippen MR) is 78.5 cm³/mol. The summed E-state index contributed by atoms with van der Waals surface area (Å²) in [6.07, 6.45) is 6.93. The molecule has 18 heavy (non-hydrogen) atoms. The Kier molecular flexibility index (Phi) is 4.91. The van der Waals surface area contributed by atoms with Crippen molar-refractivity contribution in [1.29, 1.82) is 0 Å². The summed E-state index contributed by atoms with van der Waals surface area (Å²) in [4.78, 5) is 0. The van der Waals surface area contributed by atoms with E-state index in [0.29, 0.717) is 11.7 Å². The van der Waals surface area contributed by atoms with E-state index in [2.05, 4.69) is 13.8 Å². The van der Waals surface area contributed by atoms with E-state index in [0.717, 1.165) is 19.3 Å². The van der Waals surface area contributed by atoms with E-state index < -0.39 is 14.6 Å². The van der Waals surface area contributed by atoms with Crippen LogP contribution in [0.4, 0.5) is 0 Å². The highest BCUT2D eigenvalue weighted by Crippen LogP contribution is 2.43. The molecule has 0 bridgehead atoms. The third-order valence-electron chi connectivity index (χ3n) is 4.18. The van der Waals surface area contributed by atoms with Crippen LogP contribution in [0.1, 0.15) is 73.1 Å². The molecule has 0 saturated heterocycles. The summed E-state index contributed by atoms with van der Waals surface area (Å²) in [7, 11) is -3.00. The molecule has 0 N–H and O–H groups in total. The molecule has 0 atom stereocenters. The Bertz CT molecular complexity index is 354. The predicted octanol–water partition coefficient (Wildman–Crippen LogP) is 4.20. The van der Waals surface area contributed by atoms with Crippen molar-refractivity contribution in [2.75, 3.05) is 5.75 Å². The van der Waals surface area contributed by atoms with Gasteiger partial charge < -0.3 is 0 Å². The van der Waals surface area contributed by atoms with E-state index in [1.165, 1.54) is 19.3 Å². The van der Waals surface area contributed by atoms with E-state index in [4.69, 9.17) is 0 Å². The normalized spacial score (nSPS) is 21.2. The molecule has 0 radical (unpaired) electrons. The SMILES string of the molecule is CC(C)CC1(CS(=O)(=O)C(C)(C)C)CCCCC1. The van der Waals surface area contributed by atoms with E-state index >= 15 is 0 Å². The summed E-state index contributed by atoms with van der Waals surface area (Å²) in [6.45, 7) is 9.90. The molecule has 0 aromatic rings. The van der Waals surface area contributed by atoms with Crippen LogP contribution < -0.4 is 0 Å². The third-order valence-corrected chi connectivity index (χ3v) is 7.04. The molecular formula is C15H30O2S. The Morgan fingerprint density at radius 1 is 1.06 bits per heavy atom. The molecule has 0 amide bonds. The van der Waals surface area contributed by atoms with Crippen LogP contribution in [0, 0.1) is 11.3 Å². The second-order valence-corrected chi connectivity index (χ2v) is 10.3. The molecule has 0 unspecified atom stereocenters. The van der Waals surface area contributed by atoms with E-state index in [9.17, 15) is 8.42 Å². The number of hydrogen-bond donors (Lipinski definition) is 0. The molecule has 2 nitrogen and oxygen atoms in total. The smallest absolute Gasteiger partial charge is 0.155 e. The Hall–Kier alpha value is -0.0500. The zero-order valence-electron chi connectivity index (χ0n) is 12.8. The van der Waals surface area contributed by atoms with Gasteiger partial charge >= 0.3 is 0 Å². The van der Waals surface area contributed by atoms with Crippen LogP contribution >= 0.6 is 0 Å². The monoisotopic (exact) mass is 274 g/mol. The lowest BCUT2D eigenvalue weighted by molar-refractivity contribution is 0.177. The van der Waals surface area contributed by atoms with Crippen LogP contribution in [-0.4, -0.2) is 18.9 Å². The van der Waals surface area contributed by atoms with Crippen LogP contribution in [-0.2, 0) is 9.84 Å². The lowest BCUT2D eigenvalue weighted by atomic mass is 9.71. The van der Waals surface area contributed by atoms with Gasteiger partial charge in [0.15, 0.2) is 9.84 Å².